The fraction of sp³-hybridized carbons (Fsp3) is 0.240. The van der Waals surface area contributed by atoms with Crippen molar-refractivity contribution < 1.29 is 17.9 Å². The van der Waals surface area contributed by atoms with Gasteiger partial charge in [-0.3, -0.25) is 9.10 Å². The van der Waals surface area contributed by atoms with Crippen LogP contribution in [0.1, 0.15) is 24.0 Å². The molecule has 0 aromatic heterocycles. The molecule has 1 N–H and O–H groups in total. The van der Waals surface area contributed by atoms with Crippen LogP contribution in [0.3, 0.4) is 0 Å². The van der Waals surface area contributed by atoms with Gasteiger partial charge >= 0.3 is 0 Å². The maximum atomic E-state index is 13.2. The smallest absolute Gasteiger partial charge is 0.264 e. The van der Waals surface area contributed by atoms with Crippen LogP contribution in [-0.4, -0.2) is 28.0 Å². The summed E-state index contributed by atoms with van der Waals surface area (Å²) in [6.07, 6.45) is 2.50. The van der Waals surface area contributed by atoms with Crippen molar-refractivity contribution in [2.24, 2.45) is 0 Å². The molecule has 32 heavy (non-hydrogen) atoms. The average molecular weight is 451 g/mol. The van der Waals surface area contributed by atoms with E-state index >= 15 is 0 Å². The molecule has 3 aromatic carbocycles. The van der Waals surface area contributed by atoms with Gasteiger partial charge in [0.25, 0.3) is 10.0 Å². The summed E-state index contributed by atoms with van der Waals surface area (Å²) >= 11 is 0. The lowest BCUT2D eigenvalue weighted by molar-refractivity contribution is -0.116. The number of sulfonamides is 1. The highest BCUT2D eigenvalue weighted by molar-refractivity contribution is 7.92. The Hall–Kier alpha value is -3.32. The fourth-order valence-corrected chi connectivity index (χ4v) is 5.42. The first-order valence-corrected chi connectivity index (χ1v) is 12.0. The van der Waals surface area contributed by atoms with Crippen molar-refractivity contribution >= 4 is 27.3 Å². The summed E-state index contributed by atoms with van der Waals surface area (Å²) < 4.78 is 33.0. The third-order valence-electron chi connectivity index (χ3n) is 5.58. The zero-order valence-corrected chi connectivity index (χ0v) is 18.8. The number of carbonyl (C=O) groups is 1. The van der Waals surface area contributed by atoms with E-state index in [4.69, 9.17) is 4.74 Å². The van der Waals surface area contributed by atoms with Crippen molar-refractivity contribution in [3.8, 4) is 5.75 Å². The number of anilines is 2. The average Bonchev–Trinajstić information content (AvgIpc) is 2.83. The van der Waals surface area contributed by atoms with Gasteiger partial charge in [0.1, 0.15) is 5.75 Å². The molecule has 0 aliphatic carbocycles. The van der Waals surface area contributed by atoms with Crippen molar-refractivity contribution in [3.05, 3.63) is 83.9 Å². The maximum Gasteiger partial charge on any atom is 0.264 e. The fourth-order valence-electron chi connectivity index (χ4n) is 3.86. The molecule has 1 aliphatic heterocycles. The zero-order valence-electron chi connectivity index (χ0n) is 18.0. The molecule has 0 radical (unpaired) electrons. The number of benzene rings is 3. The number of amides is 1. The predicted molar refractivity (Wildman–Crippen MR) is 126 cm³/mol. The number of ether oxygens (including phenoxy) is 1. The highest BCUT2D eigenvalue weighted by Crippen LogP contribution is 2.34. The van der Waals surface area contributed by atoms with E-state index in [9.17, 15) is 13.2 Å². The van der Waals surface area contributed by atoms with Crippen LogP contribution in [0.4, 0.5) is 11.4 Å². The number of nitrogens with zero attached hydrogens (tertiary/aromatic N) is 1. The molecule has 1 heterocycles. The van der Waals surface area contributed by atoms with Crippen molar-refractivity contribution in [2.75, 3.05) is 23.3 Å². The number of hydrogen-bond acceptors (Lipinski definition) is 4. The summed E-state index contributed by atoms with van der Waals surface area (Å²) in [6.45, 7) is 0.416. The van der Waals surface area contributed by atoms with Gasteiger partial charge in [0, 0.05) is 18.7 Å². The second kappa shape index (κ2) is 9.44. The van der Waals surface area contributed by atoms with Gasteiger partial charge < -0.3 is 10.1 Å². The number of aryl methyl sites for hydroxylation is 2. The van der Waals surface area contributed by atoms with Gasteiger partial charge in [0.05, 0.1) is 17.7 Å². The first-order valence-electron chi connectivity index (χ1n) is 10.6. The topological polar surface area (TPSA) is 75.7 Å². The number of carbonyl (C=O) groups excluding carboxylic acids is 1. The van der Waals surface area contributed by atoms with Gasteiger partial charge in [-0.1, -0.05) is 36.4 Å². The van der Waals surface area contributed by atoms with Crippen molar-refractivity contribution in [3.63, 3.8) is 0 Å². The minimum absolute atomic E-state index is 0.117. The van der Waals surface area contributed by atoms with Crippen LogP contribution in [0.5, 0.6) is 5.75 Å². The van der Waals surface area contributed by atoms with Gasteiger partial charge in [-0.25, -0.2) is 8.42 Å². The van der Waals surface area contributed by atoms with E-state index in [-0.39, 0.29) is 10.8 Å². The molecule has 0 saturated heterocycles. The van der Waals surface area contributed by atoms with Gasteiger partial charge in [0.2, 0.25) is 5.91 Å². The van der Waals surface area contributed by atoms with Crippen LogP contribution in [0.25, 0.3) is 0 Å². The van der Waals surface area contributed by atoms with Gasteiger partial charge in [-0.2, -0.15) is 0 Å². The van der Waals surface area contributed by atoms with Gasteiger partial charge in [0.15, 0.2) is 0 Å². The minimum Gasteiger partial charge on any atom is -0.497 e. The quantitative estimate of drug-likeness (QED) is 0.579. The molecule has 0 saturated carbocycles. The van der Waals surface area contributed by atoms with E-state index in [2.05, 4.69) is 5.32 Å². The lowest BCUT2D eigenvalue weighted by Gasteiger charge is -2.31. The summed E-state index contributed by atoms with van der Waals surface area (Å²) in [5, 5.41) is 2.91. The van der Waals surface area contributed by atoms with E-state index in [0.29, 0.717) is 30.8 Å². The molecule has 3 aromatic rings. The number of nitrogens with one attached hydrogen (secondary N) is 1. The van der Waals surface area contributed by atoms with Crippen LogP contribution >= 0.6 is 0 Å². The minimum atomic E-state index is -3.66. The Kier molecular flexibility index (Phi) is 6.46. The third-order valence-corrected chi connectivity index (χ3v) is 7.40. The molecular formula is C25H26N2O4S. The molecule has 0 atom stereocenters. The number of fused-ring (bicyclic) bond motifs is 1. The normalized spacial score (nSPS) is 13.3. The summed E-state index contributed by atoms with van der Waals surface area (Å²) in [5.41, 5.74) is 3.24. The monoisotopic (exact) mass is 450 g/mol. The van der Waals surface area contributed by atoms with E-state index in [1.54, 1.807) is 43.5 Å². The van der Waals surface area contributed by atoms with Crippen LogP contribution in [0.15, 0.2) is 77.7 Å². The van der Waals surface area contributed by atoms with E-state index < -0.39 is 10.0 Å². The maximum absolute atomic E-state index is 13.2. The predicted octanol–water partition coefficient (Wildman–Crippen LogP) is 4.41. The number of methoxy groups -OCH3 is 1. The van der Waals surface area contributed by atoms with Crippen LogP contribution in [0, 0.1) is 0 Å². The Balaban J connectivity index is 1.48. The highest BCUT2D eigenvalue weighted by Gasteiger charge is 2.29. The molecule has 7 heteroatoms. The van der Waals surface area contributed by atoms with Crippen LogP contribution < -0.4 is 14.4 Å². The molecule has 1 aliphatic rings. The van der Waals surface area contributed by atoms with Crippen molar-refractivity contribution in [1.29, 1.82) is 0 Å². The lowest BCUT2D eigenvalue weighted by Crippen LogP contribution is -2.35. The zero-order chi connectivity index (χ0) is 22.6. The summed E-state index contributed by atoms with van der Waals surface area (Å²) in [4.78, 5) is 12.8. The Morgan fingerprint density at radius 2 is 1.78 bits per heavy atom. The van der Waals surface area contributed by atoms with Crippen molar-refractivity contribution in [1.82, 2.24) is 0 Å². The molecule has 1 amide bonds. The molecule has 166 valence electrons. The summed E-state index contributed by atoms with van der Waals surface area (Å²) in [7, 11) is -2.04. The first-order chi connectivity index (χ1) is 15.5. The summed E-state index contributed by atoms with van der Waals surface area (Å²) in [5.74, 6) is 0.663. The van der Waals surface area contributed by atoms with Crippen molar-refractivity contribution in [2.45, 2.75) is 30.6 Å². The third kappa shape index (κ3) is 4.78. The molecule has 0 unspecified atom stereocenters. The van der Waals surface area contributed by atoms with Gasteiger partial charge in [-0.05, 0) is 66.8 Å². The molecule has 0 fully saturated rings. The molecule has 0 bridgehead atoms. The highest BCUT2D eigenvalue weighted by atomic mass is 32.2. The van der Waals surface area contributed by atoms with E-state index in [1.807, 2.05) is 36.4 Å². The number of rotatable bonds is 7. The van der Waals surface area contributed by atoms with E-state index in [0.717, 1.165) is 29.7 Å². The second-order valence-electron chi connectivity index (χ2n) is 7.73. The SMILES string of the molecule is COc1ccc(CCC(=O)Nc2ccc3c(c2)N(S(=O)(=O)c2ccccc2)CCC3)cc1. The number of hydrogen-bond donors (Lipinski definition) is 1. The van der Waals surface area contributed by atoms with Gasteiger partial charge in [-0.15, -0.1) is 0 Å². The Labute approximate surface area is 188 Å². The standard InChI is InChI=1S/C25H26N2O4S/c1-31-22-14-9-19(10-15-22)11-16-25(28)26-21-13-12-20-6-5-17-27(24(20)18-21)32(29,30)23-7-3-2-4-8-23/h2-4,7-10,12-15,18H,5-6,11,16-17H2,1H3,(H,26,28). The largest absolute Gasteiger partial charge is 0.497 e. The lowest BCUT2D eigenvalue weighted by atomic mass is 10.0. The molecular weight excluding hydrogens is 424 g/mol. The molecule has 0 spiro atoms. The van der Waals surface area contributed by atoms with Crippen LogP contribution in [0.2, 0.25) is 0 Å². The first kappa shape index (κ1) is 21.9. The summed E-state index contributed by atoms with van der Waals surface area (Å²) in [6, 6.07) is 21.6. The van der Waals surface area contributed by atoms with E-state index in [1.165, 1.54) is 4.31 Å². The van der Waals surface area contributed by atoms with Crippen LogP contribution in [-0.2, 0) is 27.7 Å². The molecule has 4 rings (SSSR count). The molecule has 6 nitrogen and oxygen atoms in total. The Morgan fingerprint density at radius 1 is 1.03 bits per heavy atom. The Morgan fingerprint density at radius 3 is 2.50 bits per heavy atom. The second-order valence-corrected chi connectivity index (χ2v) is 9.60. The Bertz CT molecular complexity index is 1190.